The average molecular weight is 275 g/mol. The molecule has 0 atom stereocenters. The third-order valence-corrected chi connectivity index (χ3v) is 3.98. The molecule has 1 nitrogen and oxygen atoms in total. The maximum Gasteiger partial charge on any atom is 0.0406 e. The van der Waals surface area contributed by atoms with Gasteiger partial charge in [-0.05, 0) is 31.9 Å². The summed E-state index contributed by atoms with van der Waals surface area (Å²) in [4.78, 5) is 4.56. The van der Waals surface area contributed by atoms with Crippen molar-refractivity contribution in [3.63, 3.8) is 0 Å². The van der Waals surface area contributed by atoms with Crippen LogP contribution < -0.4 is 0 Å². The van der Waals surface area contributed by atoms with Crippen LogP contribution in [0.15, 0.2) is 18.2 Å². The van der Waals surface area contributed by atoms with E-state index in [9.17, 15) is 0 Å². The van der Waals surface area contributed by atoms with Crippen molar-refractivity contribution in [2.24, 2.45) is 0 Å². The van der Waals surface area contributed by atoms with E-state index in [1.165, 1.54) is 76.3 Å². The Labute approximate surface area is 126 Å². The molecule has 0 saturated carbocycles. The number of unbranched alkanes of at least 4 members (excludes halogenated alkanes) is 10. The highest BCUT2D eigenvalue weighted by Crippen LogP contribution is 2.12. The van der Waals surface area contributed by atoms with Gasteiger partial charge >= 0.3 is 0 Å². The van der Waals surface area contributed by atoms with E-state index in [1.54, 1.807) is 0 Å². The lowest BCUT2D eigenvalue weighted by atomic mass is 10.0. The third-order valence-electron chi connectivity index (χ3n) is 3.98. The molecule has 1 heterocycles. The summed E-state index contributed by atoms with van der Waals surface area (Å²) >= 11 is 0. The van der Waals surface area contributed by atoms with Gasteiger partial charge in [0.1, 0.15) is 0 Å². The van der Waals surface area contributed by atoms with Crippen LogP contribution in [-0.2, 0) is 6.42 Å². The van der Waals surface area contributed by atoms with Crippen molar-refractivity contribution in [3.8, 4) is 0 Å². The first-order valence-corrected chi connectivity index (χ1v) is 8.75. The van der Waals surface area contributed by atoms with Gasteiger partial charge in [0.25, 0.3) is 0 Å². The van der Waals surface area contributed by atoms with Crippen molar-refractivity contribution in [2.75, 3.05) is 0 Å². The first-order valence-electron chi connectivity index (χ1n) is 8.75. The van der Waals surface area contributed by atoms with E-state index in [4.69, 9.17) is 0 Å². The van der Waals surface area contributed by atoms with Crippen molar-refractivity contribution in [3.05, 3.63) is 29.6 Å². The Hall–Kier alpha value is -0.850. The number of nitrogens with zero attached hydrogens (tertiary/aromatic N) is 1. The van der Waals surface area contributed by atoms with E-state index < -0.39 is 0 Å². The van der Waals surface area contributed by atoms with Crippen LogP contribution in [0.25, 0.3) is 0 Å². The van der Waals surface area contributed by atoms with Crippen molar-refractivity contribution < 1.29 is 0 Å². The number of aromatic nitrogens is 1. The molecule has 1 rings (SSSR count). The largest absolute Gasteiger partial charge is 0.258 e. The monoisotopic (exact) mass is 275 g/mol. The zero-order chi connectivity index (χ0) is 14.5. The third kappa shape index (κ3) is 9.12. The molecule has 0 saturated heterocycles. The summed E-state index contributed by atoms with van der Waals surface area (Å²) in [5, 5.41) is 0. The standard InChI is InChI=1S/C19H33N/c1-3-4-5-6-7-8-9-10-11-12-13-16-19-17-14-15-18(2)20-19/h14-15,17H,3-13,16H2,1-2H3. The fraction of sp³-hybridized carbons (Fsp3) is 0.737. The Morgan fingerprint density at radius 2 is 1.30 bits per heavy atom. The number of rotatable bonds is 12. The highest BCUT2D eigenvalue weighted by atomic mass is 14.7. The van der Waals surface area contributed by atoms with Gasteiger partial charge in [-0.25, -0.2) is 0 Å². The Morgan fingerprint density at radius 3 is 1.85 bits per heavy atom. The molecule has 114 valence electrons. The summed E-state index contributed by atoms with van der Waals surface area (Å²) in [5.41, 5.74) is 2.41. The van der Waals surface area contributed by atoms with Gasteiger partial charge in [-0.1, -0.05) is 77.2 Å². The molecule has 0 aliphatic carbocycles. The van der Waals surface area contributed by atoms with Gasteiger partial charge in [-0.2, -0.15) is 0 Å². The van der Waals surface area contributed by atoms with Gasteiger partial charge in [0, 0.05) is 11.4 Å². The van der Waals surface area contributed by atoms with Crippen LogP contribution in [-0.4, -0.2) is 4.98 Å². The second-order valence-corrected chi connectivity index (χ2v) is 6.06. The predicted octanol–water partition coefficient (Wildman–Crippen LogP) is 6.24. The Bertz CT molecular complexity index is 332. The van der Waals surface area contributed by atoms with Crippen LogP contribution in [0, 0.1) is 6.92 Å². The summed E-state index contributed by atoms with van der Waals surface area (Å²) in [5.74, 6) is 0. The van der Waals surface area contributed by atoms with Gasteiger partial charge in [0.05, 0.1) is 0 Å². The van der Waals surface area contributed by atoms with Crippen molar-refractivity contribution in [1.82, 2.24) is 4.98 Å². The Balaban J connectivity index is 1.85. The number of aryl methyl sites for hydroxylation is 2. The highest BCUT2D eigenvalue weighted by Gasteiger charge is 1.96. The van der Waals surface area contributed by atoms with E-state index in [1.807, 2.05) is 0 Å². The predicted molar refractivity (Wildman–Crippen MR) is 89.1 cm³/mol. The first-order chi connectivity index (χ1) is 9.83. The zero-order valence-corrected chi connectivity index (χ0v) is 13.7. The Kier molecular flexibility index (Phi) is 10.3. The maximum atomic E-state index is 4.56. The van der Waals surface area contributed by atoms with Crippen LogP contribution in [0.4, 0.5) is 0 Å². The van der Waals surface area contributed by atoms with Gasteiger partial charge in [0.15, 0.2) is 0 Å². The van der Waals surface area contributed by atoms with E-state index in [0.717, 1.165) is 12.1 Å². The maximum absolute atomic E-state index is 4.56. The number of hydrogen-bond acceptors (Lipinski definition) is 1. The lowest BCUT2D eigenvalue weighted by Crippen LogP contribution is -1.92. The van der Waals surface area contributed by atoms with E-state index in [-0.39, 0.29) is 0 Å². The van der Waals surface area contributed by atoms with Gasteiger partial charge in [-0.15, -0.1) is 0 Å². The van der Waals surface area contributed by atoms with E-state index >= 15 is 0 Å². The molecule has 0 aliphatic rings. The molecule has 0 unspecified atom stereocenters. The normalized spacial score (nSPS) is 10.9. The summed E-state index contributed by atoms with van der Waals surface area (Å²) in [6.45, 7) is 4.36. The highest BCUT2D eigenvalue weighted by molar-refractivity contribution is 5.09. The minimum Gasteiger partial charge on any atom is -0.258 e. The SMILES string of the molecule is CCCCCCCCCCCCCc1cccc(C)n1. The fourth-order valence-electron chi connectivity index (χ4n) is 2.71. The molecule has 0 bridgehead atoms. The summed E-state index contributed by atoms with van der Waals surface area (Å²) in [6, 6.07) is 6.35. The molecule has 1 aromatic rings. The lowest BCUT2D eigenvalue weighted by Gasteiger charge is -2.03. The second kappa shape index (κ2) is 11.9. The van der Waals surface area contributed by atoms with Crippen molar-refractivity contribution >= 4 is 0 Å². The number of pyridine rings is 1. The van der Waals surface area contributed by atoms with E-state index in [0.29, 0.717) is 0 Å². The molecule has 0 N–H and O–H groups in total. The molecule has 1 aromatic heterocycles. The Morgan fingerprint density at radius 1 is 0.750 bits per heavy atom. The molecular formula is C19H33N. The van der Waals surface area contributed by atoms with Crippen molar-refractivity contribution in [2.45, 2.75) is 90.9 Å². The van der Waals surface area contributed by atoms with Crippen LogP contribution in [0.5, 0.6) is 0 Å². The van der Waals surface area contributed by atoms with Gasteiger partial charge in [0.2, 0.25) is 0 Å². The topological polar surface area (TPSA) is 12.9 Å². The van der Waals surface area contributed by atoms with Crippen LogP contribution in [0.1, 0.15) is 88.9 Å². The smallest absolute Gasteiger partial charge is 0.0406 e. The summed E-state index contributed by atoms with van der Waals surface area (Å²) < 4.78 is 0. The molecule has 1 heteroatoms. The minimum absolute atomic E-state index is 1.14. The molecule has 0 spiro atoms. The molecule has 0 fully saturated rings. The number of hydrogen-bond donors (Lipinski definition) is 0. The van der Waals surface area contributed by atoms with Crippen LogP contribution >= 0.6 is 0 Å². The van der Waals surface area contributed by atoms with Gasteiger partial charge in [-0.3, -0.25) is 4.98 Å². The molecule has 0 aliphatic heterocycles. The fourth-order valence-corrected chi connectivity index (χ4v) is 2.71. The van der Waals surface area contributed by atoms with Crippen LogP contribution in [0.2, 0.25) is 0 Å². The molecule has 0 amide bonds. The van der Waals surface area contributed by atoms with Crippen LogP contribution in [0.3, 0.4) is 0 Å². The molecular weight excluding hydrogens is 242 g/mol. The van der Waals surface area contributed by atoms with Gasteiger partial charge < -0.3 is 0 Å². The lowest BCUT2D eigenvalue weighted by molar-refractivity contribution is 0.549. The average Bonchev–Trinajstić information content (AvgIpc) is 2.45. The molecule has 0 aromatic carbocycles. The molecule has 0 radical (unpaired) electrons. The second-order valence-electron chi connectivity index (χ2n) is 6.06. The summed E-state index contributed by atoms with van der Waals surface area (Å²) in [7, 11) is 0. The molecule has 20 heavy (non-hydrogen) atoms. The van der Waals surface area contributed by atoms with Crippen molar-refractivity contribution in [1.29, 1.82) is 0 Å². The van der Waals surface area contributed by atoms with E-state index in [2.05, 4.69) is 37.0 Å². The minimum atomic E-state index is 1.14. The summed E-state index contributed by atoms with van der Waals surface area (Å²) in [6.07, 6.45) is 16.7. The zero-order valence-electron chi connectivity index (χ0n) is 13.7. The quantitative estimate of drug-likeness (QED) is 0.411. The first kappa shape index (κ1) is 17.2.